The Balaban J connectivity index is 1.36. The predicted molar refractivity (Wildman–Crippen MR) is 106 cm³/mol. The minimum atomic E-state index is -0.145. The van der Waals surface area contributed by atoms with E-state index in [1.54, 1.807) is 10.9 Å². The largest absolute Gasteiger partial charge is 0.350 e. The van der Waals surface area contributed by atoms with Gasteiger partial charge in [-0.05, 0) is 56.8 Å². The average Bonchev–Trinajstić information content (AvgIpc) is 3.13. The van der Waals surface area contributed by atoms with Crippen LogP contribution >= 0.6 is 0 Å². The summed E-state index contributed by atoms with van der Waals surface area (Å²) >= 11 is 0. The summed E-state index contributed by atoms with van der Waals surface area (Å²) in [7, 11) is 0. The molecular weight excluding hydrogens is 352 g/mol. The Labute approximate surface area is 163 Å². The van der Waals surface area contributed by atoms with Crippen molar-refractivity contribution in [3.8, 4) is 5.69 Å². The Morgan fingerprint density at radius 2 is 2.04 bits per heavy atom. The quantitative estimate of drug-likeness (QED) is 0.755. The van der Waals surface area contributed by atoms with Crippen LogP contribution in [0.25, 0.3) is 16.6 Å². The number of aromatic nitrogens is 4. The zero-order valence-electron chi connectivity index (χ0n) is 16.0. The number of fused-ring (bicyclic) bond motifs is 4. The van der Waals surface area contributed by atoms with Crippen molar-refractivity contribution >= 4 is 16.8 Å². The van der Waals surface area contributed by atoms with E-state index in [0.29, 0.717) is 18.2 Å². The number of piperidine rings is 3. The molecule has 5 heterocycles. The molecule has 3 saturated heterocycles. The summed E-state index contributed by atoms with van der Waals surface area (Å²) in [6.07, 6.45) is 4.27. The number of pyridine rings is 1. The third-order valence-electron chi connectivity index (χ3n) is 6.27. The van der Waals surface area contributed by atoms with E-state index >= 15 is 0 Å². The lowest BCUT2D eigenvalue weighted by molar-refractivity contribution is 0.0495. The Hall–Kier alpha value is -2.80. The number of nitrogens with zero attached hydrogens (tertiary/aromatic N) is 5. The Kier molecular flexibility index (Phi) is 4.31. The maximum Gasteiger partial charge on any atom is 0.273 e. The van der Waals surface area contributed by atoms with Gasteiger partial charge in [0.25, 0.3) is 5.91 Å². The molecule has 2 bridgehead atoms. The number of hydrogen-bond acceptors (Lipinski definition) is 5. The number of para-hydroxylation sites is 1. The van der Waals surface area contributed by atoms with Gasteiger partial charge in [-0.15, -0.1) is 5.10 Å². The molecule has 1 atom stereocenters. The summed E-state index contributed by atoms with van der Waals surface area (Å²) in [5.41, 5.74) is 2.79. The second kappa shape index (κ2) is 6.98. The van der Waals surface area contributed by atoms with Gasteiger partial charge in [0.2, 0.25) is 0 Å². The van der Waals surface area contributed by atoms with Crippen LogP contribution in [0.1, 0.15) is 29.0 Å². The Morgan fingerprint density at radius 3 is 2.82 bits per heavy atom. The van der Waals surface area contributed by atoms with Crippen LogP contribution < -0.4 is 5.32 Å². The molecule has 28 heavy (non-hydrogen) atoms. The fourth-order valence-corrected chi connectivity index (χ4v) is 4.65. The van der Waals surface area contributed by atoms with Crippen molar-refractivity contribution in [1.29, 1.82) is 0 Å². The number of hydrogen-bond donors (Lipinski definition) is 1. The predicted octanol–water partition coefficient (Wildman–Crippen LogP) is 2.20. The lowest BCUT2D eigenvalue weighted by atomic mass is 9.79. The van der Waals surface area contributed by atoms with E-state index in [1.807, 2.05) is 37.3 Å². The molecule has 1 aromatic carbocycles. The maximum atomic E-state index is 12.8. The molecule has 3 aromatic rings. The molecule has 3 fully saturated rings. The first-order valence-electron chi connectivity index (χ1n) is 9.97. The Bertz CT molecular complexity index is 1020. The molecule has 0 spiro atoms. The zero-order valence-corrected chi connectivity index (χ0v) is 16.0. The normalized spacial score (nSPS) is 23.8. The molecular formula is C21H24N6O. The van der Waals surface area contributed by atoms with Crippen LogP contribution in [0, 0.1) is 18.8 Å². The minimum Gasteiger partial charge on any atom is -0.350 e. The van der Waals surface area contributed by atoms with Crippen LogP contribution in [0.2, 0.25) is 0 Å². The van der Waals surface area contributed by atoms with Crippen molar-refractivity contribution in [3.63, 3.8) is 0 Å². The summed E-state index contributed by atoms with van der Waals surface area (Å²) in [5.74, 6) is 1.14. The van der Waals surface area contributed by atoms with Gasteiger partial charge < -0.3 is 10.2 Å². The molecule has 6 rings (SSSR count). The van der Waals surface area contributed by atoms with Crippen molar-refractivity contribution < 1.29 is 4.79 Å². The molecule has 7 nitrogen and oxygen atoms in total. The van der Waals surface area contributed by atoms with E-state index in [-0.39, 0.29) is 5.91 Å². The Morgan fingerprint density at radius 1 is 1.21 bits per heavy atom. The lowest BCUT2D eigenvalue weighted by Crippen LogP contribution is -2.50. The van der Waals surface area contributed by atoms with Gasteiger partial charge in [-0.25, -0.2) is 4.68 Å². The number of carbonyl (C=O) groups is 1. The summed E-state index contributed by atoms with van der Waals surface area (Å²) in [6, 6.07) is 9.85. The zero-order chi connectivity index (χ0) is 19.1. The second-order valence-electron chi connectivity index (χ2n) is 7.90. The first-order chi connectivity index (χ1) is 13.7. The van der Waals surface area contributed by atoms with Crippen LogP contribution in [0.5, 0.6) is 0 Å². The standard InChI is InChI=1S/C21H24N6O/c1-14-19(21(28)23-12-17-13-26-10-7-15(17)8-11-26)24-25-27(14)18-6-2-4-16-5-3-9-22-20(16)18/h2-6,9,15,17H,7-8,10-13H2,1H3,(H,23,28). The van der Waals surface area contributed by atoms with Gasteiger partial charge in [0.1, 0.15) is 0 Å². The van der Waals surface area contributed by atoms with E-state index in [4.69, 9.17) is 0 Å². The highest BCUT2D eigenvalue weighted by Gasteiger charge is 2.34. The average molecular weight is 376 g/mol. The SMILES string of the molecule is Cc1c(C(=O)NCC2CN3CCC2CC3)nnn1-c1cccc2cccnc12. The molecule has 1 N–H and O–H groups in total. The van der Waals surface area contributed by atoms with Crippen molar-refractivity contribution in [2.75, 3.05) is 26.2 Å². The van der Waals surface area contributed by atoms with E-state index < -0.39 is 0 Å². The first kappa shape index (κ1) is 17.3. The monoisotopic (exact) mass is 376 g/mol. The topological polar surface area (TPSA) is 75.9 Å². The summed E-state index contributed by atoms with van der Waals surface area (Å²) in [4.78, 5) is 19.8. The van der Waals surface area contributed by atoms with Crippen molar-refractivity contribution in [1.82, 2.24) is 30.2 Å². The fraction of sp³-hybridized carbons (Fsp3) is 0.429. The van der Waals surface area contributed by atoms with Gasteiger partial charge in [-0.3, -0.25) is 9.78 Å². The van der Waals surface area contributed by atoms with Gasteiger partial charge >= 0.3 is 0 Å². The first-order valence-corrected chi connectivity index (χ1v) is 9.97. The van der Waals surface area contributed by atoms with Gasteiger partial charge in [0.15, 0.2) is 5.69 Å². The molecule has 1 unspecified atom stereocenters. The van der Waals surface area contributed by atoms with Gasteiger partial charge in [0, 0.05) is 24.7 Å². The molecule has 0 aliphatic carbocycles. The van der Waals surface area contributed by atoms with E-state index in [1.165, 1.54) is 25.9 Å². The molecule has 3 aliphatic rings. The van der Waals surface area contributed by atoms with Crippen LogP contribution in [-0.4, -0.2) is 57.0 Å². The van der Waals surface area contributed by atoms with E-state index in [2.05, 4.69) is 25.5 Å². The van der Waals surface area contributed by atoms with Crippen LogP contribution in [0.3, 0.4) is 0 Å². The number of rotatable bonds is 4. The lowest BCUT2D eigenvalue weighted by Gasteiger charge is -2.44. The second-order valence-corrected chi connectivity index (χ2v) is 7.90. The van der Waals surface area contributed by atoms with Gasteiger partial charge in [-0.1, -0.05) is 23.4 Å². The molecule has 1 amide bonds. The molecule has 3 aliphatic heterocycles. The highest BCUT2D eigenvalue weighted by Crippen LogP contribution is 2.31. The highest BCUT2D eigenvalue weighted by molar-refractivity contribution is 5.93. The summed E-state index contributed by atoms with van der Waals surface area (Å²) in [5, 5.41) is 12.6. The van der Waals surface area contributed by atoms with Gasteiger partial charge in [0.05, 0.1) is 16.9 Å². The number of benzene rings is 1. The summed E-state index contributed by atoms with van der Waals surface area (Å²) < 4.78 is 1.71. The smallest absolute Gasteiger partial charge is 0.273 e. The summed E-state index contributed by atoms with van der Waals surface area (Å²) in [6.45, 7) is 6.11. The van der Waals surface area contributed by atoms with Crippen LogP contribution in [0.4, 0.5) is 0 Å². The highest BCUT2D eigenvalue weighted by atomic mass is 16.2. The van der Waals surface area contributed by atoms with E-state index in [0.717, 1.165) is 34.7 Å². The number of nitrogens with one attached hydrogen (secondary N) is 1. The maximum absolute atomic E-state index is 12.8. The third-order valence-corrected chi connectivity index (χ3v) is 6.27. The molecule has 7 heteroatoms. The molecule has 144 valence electrons. The van der Waals surface area contributed by atoms with Crippen molar-refractivity contribution in [3.05, 3.63) is 47.9 Å². The number of carbonyl (C=O) groups excluding carboxylic acids is 1. The van der Waals surface area contributed by atoms with Crippen LogP contribution in [0.15, 0.2) is 36.5 Å². The van der Waals surface area contributed by atoms with Crippen LogP contribution in [-0.2, 0) is 0 Å². The number of amides is 1. The molecule has 0 saturated carbocycles. The van der Waals surface area contributed by atoms with Crippen molar-refractivity contribution in [2.45, 2.75) is 19.8 Å². The fourth-order valence-electron chi connectivity index (χ4n) is 4.65. The minimum absolute atomic E-state index is 0.145. The third kappa shape index (κ3) is 2.96. The molecule has 0 radical (unpaired) electrons. The van der Waals surface area contributed by atoms with E-state index in [9.17, 15) is 4.79 Å². The van der Waals surface area contributed by atoms with Crippen molar-refractivity contribution in [2.24, 2.45) is 11.8 Å². The molecule has 2 aromatic heterocycles. The van der Waals surface area contributed by atoms with Gasteiger partial charge in [-0.2, -0.15) is 0 Å².